The number of aliphatic hydroxyl groups excluding tert-OH is 1. The van der Waals surface area contributed by atoms with Crippen LogP contribution in [-0.2, 0) is 0 Å². The molecule has 0 saturated heterocycles. The van der Waals surface area contributed by atoms with Gasteiger partial charge in [0.1, 0.15) is 0 Å². The number of hydrogen-bond donors (Lipinski definition) is 2. The van der Waals surface area contributed by atoms with Crippen molar-refractivity contribution in [2.45, 2.75) is 12.5 Å². The molecule has 0 aromatic heterocycles. The van der Waals surface area contributed by atoms with Gasteiger partial charge in [0.2, 0.25) is 0 Å². The van der Waals surface area contributed by atoms with Gasteiger partial charge >= 0.3 is 0 Å². The zero-order valence-electron chi connectivity index (χ0n) is 7.77. The van der Waals surface area contributed by atoms with Gasteiger partial charge in [-0.2, -0.15) is 5.26 Å². The first-order valence-electron chi connectivity index (χ1n) is 4.11. The van der Waals surface area contributed by atoms with Crippen molar-refractivity contribution in [2.24, 2.45) is 0 Å². The summed E-state index contributed by atoms with van der Waals surface area (Å²) in [7, 11) is 1.43. The van der Waals surface area contributed by atoms with Crippen molar-refractivity contribution in [3.8, 4) is 17.6 Å². The summed E-state index contributed by atoms with van der Waals surface area (Å²) in [5.74, 6) is 0.305. The molecule has 14 heavy (non-hydrogen) atoms. The highest BCUT2D eigenvalue weighted by Crippen LogP contribution is 2.29. The predicted octanol–water partition coefficient (Wildman–Crippen LogP) is 1.35. The Balaban J connectivity index is 2.95. The van der Waals surface area contributed by atoms with Crippen LogP contribution in [0.5, 0.6) is 11.5 Å². The fourth-order valence-electron chi connectivity index (χ4n) is 1.11. The smallest absolute Gasteiger partial charge is 0.160 e. The van der Waals surface area contributed by atoms with Crippen LogP contribution >= 0.6 is 0 Å². The van der Waals surface area contributed by atoms with Crippen molar-refractivity contribution in [1.82, 2.24) is 0 Å². The first-order chi connectivity index (χ1) is 6.69. The minimum atomic E-state index is -0.838. The Kier molecular flexibility index (Phi) is 3.32. The molecule has 0 spiro atoms. The topological polar surface area (TPSA) is 73.5 Å². The number of aromatic hydroxyl groups is 1. The van der Waals surface area contributed by atoms with Crippen LogP contribution in [0.25, 0.3) is 0 Å². The Morgan fingerprint density at radius 3 is 2.86 bits per heavy atom. The minimum Gasteiger partial charge on any atom is -0.504 e. The number of ether oxygens (including phenoxy) is 1. The van der Waals surface area contributed by atoms with Gasteiger partial charge < -0.3 is 14.9 Å². The van der Waals surface area contributed by atoms with E-state index in [9.17, 15) is 10.2 Å². The molecule has 0 aliphatic rings. The molecule has 0 amide bonds. The lowest BCUT2D eigenvalue weighted by Gasteiger charge is -2.09. The zero-order chi connectivity index (χ0) is 10.6. The Morgan fingerprint density at radius 2 is 2.29 bits per heavy atom. The van der Waals surface area contributed by atoms with Gasteiger partial charge in [-0.25, -0.2) is 0 Å². The maximum Gasteiger partial charge on any atom is 0.160 e. The van der Waals surface area contributed by atoms with Crippen LogP contribution in [0.15, 0.2) is 18.2 Å². The quantitative estimate of drug-likeness (QED) is 0.759. The highest BCUT2D eigenvalue weighted by atomic mass is 16.5. The van der Waals surface area contributed by atoms with Gasteiger partial charge in [-0.05, 0) is 17.7 Å². The molecule has 74 valence electrons. The Morgan fingerprint density at radius 1 is 1.57 bits per heavy atom. The summed E-state index contributed by atoms with van der Waals surface area (Å²) in [5.41, 5.74) is 0.557. The van der Waals surface area contributed by atoms with Crippen molar-refractivity contribution >= 4 is 0 Å². The highest BCUT2D eigenvalue weighted by molar-refractivity contribution is 5.42. The monoisotopic (exact) mass is 193 g/mol. The highest BCUT2D eigenvalue weighted by Gasteiger charge is 2.09. The van der Waals surface area contributed by atoms with E-state index in [-0.39, 0.29) is 12.2 Å². The molecular weight excluding hydrogens is 182 g/mol. The second-order valence-electron chi connectivity index (χ2n) is 2.81. The van der Waals surface area contributed by atoms with Crippen LogP contribution in [0.3, 0.4) is 0 Å². The summed E-state index contributed by atoms with van der Waals surface area (Å²) in [6.45, 7) is 0. The molecule has 0 aliphatic heterocycles. The fourth-order valence-corrected chi connectivity index (χ4v) is 1.11. The van der Waals surface area contributed by atoms with Crippen LogP contribution in [0.1, 0.15) is 18.1 Å². The van der Waals surface area contributed by atoms with Crippen molar-refractivity contribution in [1.29, 1.82) is 5.26 Å². The fraction of sp³-hybridized carbons (Fsp3) is 0.300. The number of methoxy groups -OCH3 is 1. The molecule has 0 heterocycles. The van der Waals surface area contributed by atoms with Crippen molar-refractivity contribution < 1.29 is 14.9 Å². The lowest BCUT2D eigenvalue weighted by Crippen LogP contribution is -1.96. The van der Waals surface area contributed by atoms with Crippen molar-refractivity contribution in [3.63, 3.8) is 0 Å². The van der Waals surface area contributed by atoms with Crippen molar-refractivity contribution in [3.05, 3.63) is 23.8 Å². The van der Waals surface area contributed by atoms with Crippen LogP contribution < -0.4 is 4.74 Å². The third-order valence-corrected chi connectivity index (χ3v) is 1.87. The first-order valence-corrected chi connectivity index (χ1v) is 4.11. The largest absolute Gasteiger partial charge is 0.504 e. The number of nitrogens with zero attached hydrogens (tertiary/aromatic N) is 1. The summed E-state index contributed by atoms with van der Waals surface area (Å²) < 4.78 is 4.87. The van der Waals surface area contributed by atoms with Gasteiger partial charge in [-0.3, -0.25) is 0 Å². The maximum absolute atomic E-state index is 9.47. The average molecular weight is 193 g/mol. The predicted molar refractivity (Wildman–Crippen MR) is 49.8 cm³/mol. The number of benzene rings is 1. The summed E-state index contributed by atoms with van der Waals surface area (Å²) in [6, 6.07) is 6.36. The van der Waals surface area contributed by atoms with E-state index in [1.165, 1.54) is 19.2 Å². The standard InChI is InChI=1S/C10H11NO3/c1-14-10-6-7(2-3-9(10)13)8(12)4-5-11/h2-3,6,8,12-13H,4H2,1H3. The Hall–Kier alpha value is -1.73. The van der Waals surface area contributed by atoms with E-state index in [1.807, 2.05) is 6.07 Å². The van der Waals surface area contributed by atoms with E-state index in [2.05, 4.69) is 0 Å². The minimum absolute atomic E-state index is 0.0143. The van der Waals surface area contributed by atoms with Crippen LogP contribution in [0.2, 0.25) is 0 Å². The number of nitriles is 1. The van der Waals surface area contributed by atoms with E-state index in [1.54, 1.807) is 6.07 Å². The number of phenols is 1. The molecule has 2 N–H and O–H groups in total. The molecule has 0 fully saturated rings. The molecule has 0 saturated carbocycles. The Labute approximate surface area is 82.0 Å². The maximum atomic E-state index is 9.47. The van der Waals surface area contributed by atoms with E-state index in [4.69, 9.17) is 10.00 Å². The second-order valence-corrected chi connectivity index (χ2v) is 2.81. The van der Waals surface area contributed by atoms with Gasteiger partial charge in [-0.15, -0.1) is 0 Å². The van der Waals surface area contributed by atoms with Crippen LogP contribution in [0.4, 0.5) is 0 Å². The molecular formula is C10H11NO3. The van der Waals surface area contributed by atoms with E-state index < -0.39 is 6.10 Å². The summed E-state index contributed by atoms with van der Waals surface area (Å²) in [5, 5.41) is 27.1. The number of hydrogen-bond acceptors (Lipinski definition) is 4. The Bertz CT molecular complexity index is 357. The van der Waals surface area contributed by atoms with Gasteiger partial charge in [0.15, 0.2) is 11.5 Å². The second kappa shape index (κ2) is 4.49. The lowest BCUT2D eigenvalue weighted by molar-refractivity contribution is 0.183. The summed E-state index contributed by atoms with van der Waals surface area (Å²) in [6.07, 6.45) is -0.817. The van der Waals surface area contributed by atoms with Gasteiger partial charge in [0.25, 0.3) is 0 Å². The molecule has 0 aliphatic carbocycles. The van der Waals surface area contributed by atoms with Gasteiger partial charge in [-0.1, -0.05) is 6.07 Å². The molecule has 1 atom stereocenters. The summed E-state index contributed by atoms with van der Waals surface area (Å²) in [4.78, 5) is 0. The first kappa shape index (κ1) is 10.4. The molecule has 4 heteroatoms. The SMILES string of the molecule is COc1cc(C(O)CC#N)ccc1O. The van der Waals surface area contributed by atoms with Crippen LogP contribution in [0, 0.1) is 11.3 Å². The van der Waals surface area contributed by atoms with Crippen LogP contribution in [-0.4, -0.2) is 17.3 Å². The third kappa shape index (κ3) is 2.15. The molecule has 0 bridgehead atoms. The van der Waals surface area contributed by atoms with E-state index in [0.717, 1.165) is 0 Å². The van der Waals surface area contributed by atoms with Gasteiger partial charge in [0.05, 0.1) is 25.7 Å². The molecule has 1 rings (SSSR count). The lowest BCUT2D eigenvalue weighted by atomic mass is 10.1. The third-order valence-electron chi connectivity index (χ3n) is 1.87. The molecule has 1 aromatic carbocycles. The number of rotatable bonds is 3. The molecule has 1 aromatic rings. The van der Waals surface area contributed by atoms with Gasteiger partial charge in [0, 0.05) is 0 Å². The normalized spacial score (nSPS) is 11.8. The zero-order valence-corrected chi connectivity index (χ0v) is 7.77. The van der Waals surface area contributed by atoms with Crippen molar-refractivity contribution in [2.75, 3.05) is 7.11 Å². The summed E-state index contributed by atoms with van der Waals surface area (Å²) >= 11 is 0. The molecule has 0 radical (unpaired) electrons. The number of phenolic OH excluding ortho intramolecular Hbond substituents is 1. The molecule has 4 nitrogen and oxygen atoms in total. The van der Waals surface area contributed by atoms with E-state index >= 15 is 0 Å². The average Bonchev–Trinajstić information content (AvgIpc) is 2.19. The number of aliphatic hydroxyl groups is 1. The molecule has 1 unspecified atom stereocenters. The van der Waals surface area contributed by atoms with E-state index in [0.29, 0.717) is 11.3 Å².